The molecule has 0 unspecified atom stereocenters. The monoisotopic (exact) mass is 337 g/mol. The third kappa shape index (κ3) is 5.06. The normalized spacial score (nSPS) is 16.8. The van der Waals surface area contributed by atoms with Crippen molar-refractivity contribution in [2.75, 3.05) is 18.8 Å². The second-order valence-corrected chi connectivity index (χ2v) is 9.01. The first-order chi connectivity index (χ1) is 10.8. The van der Waals surface area contributed by atoms with Crippen molar-refractivity contribution in [3.63, 3.8) is 0 Å². The number of amides is 1. The van der Waals surface area contributed by atoms with Crippen molar-refractivity contribution in [1.82, 2.24) is 4.90 Å². The van der Waals surface area contributed by atoms with E-state index in [-0.39, 0.29) is 17.6 Å². The van der Waals surface area contributed by atoms with Crippen molar-refractivity contribution < 1.29 is 13.2 Å². The average Bonchev–Trinajstić information content (AvgIpc) is 2.47. The SMILES string of the molecule is CC(=O)N1CCC(Cc2ccc(S(=O)(=O)CC(C)C)cc2)CC1. The maximum atomic E-state index is 12.2. The number of piperidine rings is 1. The quantitative estimate of drug-likeness (QED) is 0.830. The number of likely N-dealkylation sites (tertiary alicyclic amines) is 1. The van der Waals surface area contributed by atoms with Crippen molar-refractivity contribution in [2.45, 2.75) is 44.9 Å². The second kappa shape index (κ2) is 7.47. The van der Waals surface area contributed by atoms with Crippen LogP contribution in [0.5, 0.6) is 0 Å². The Labute approximate surface area is 139 Å². The van der Waals surface area contributed by atoms with Crippen LogP contribution in [0.2, 0.25) is 0 Å². The third-order valence-corrected chi connectivity index (χ3v) is 6.52. The van der Waals surface area contributed by atoms with Gasteiger partial charge in [-0.25, -0.2) is 8.42 Å². The van der Waals surface area contributed by atoms with E-state index in [4.69, 9.17) is 0 Å². The van der Waals surface area contributed by atoms with Gasteiger partial charge in [0, 0.05) is 20.0 Å². The molecule has 0 aliphatic carbocycles. The van der Waals surface area contributed by atoms with E-state index in [1.54, 1.807) is 19.1 Å². The van der Waals surface area contributed by atoms with Crippen LogP contribution < -0.4 is 0 Å². The summed E-state index contributed by atoms with van der Waals surface area (Å²) in [4.78, 5) is 13.7. The molecule has 1 saturated heterocycles. The first-order valence-corrected chi connectivity index (χ1v) is 10.0. The highest BCUT2D eigenvalue weighted by molar-refractivity contribution is 7.91. The van der Waals surface area contributed by atoms with Gasteiger partial charge in [0.05, 0.1) is 10.6 Å². The van der Waals surface area contributed by atoms with Crippen LogP contribution in [0.1, 0.15) is 39.2 Å². The molecule has 1 aliphatic rings. The largest absolute Gasteiger partial charge is 0.343 e. The molecule has 1 aromatic rings. The molecule has 1 fully saturated rings. The summed E-state index contributed by atoms with van der Waals surface area (Å²) in [6.07, 6.45) is 3.00. The maximum absolute atomic E-state index is 12.2. The van der Waals surface area contributed by atoms with Crippen LogP contribution in [0.3, 0.4) is 0 Å². The number of hydrogen-bond donors (Lipinski definition) is 0. The zero-order valence-corrected chi connectivity index (χ0v) is 15.1. The standard InChI is InChI=1S/C18H27NO3S/c1-14(2)13-23(21,22)18-6-4-16(5-7-18)12-17-8-10-19(11-9-17)15(3)20/h4-7,14,17H,8-13H2,1-3H3. The van der Waals surface area contributed by atoms with Gasteiger partial charge in [-0.05, 0) is 48.8 Å². The molecule has 128 valence electrons. The molecule has 1 heterocycles. The van der Waals surface area contributed by atoms with Gasteiger partial charge in [-0.3, -0.25) is 4.79 Å². The minimum Gasteiger partial charge on any atom is -0.343 e. The summed E-state index contributed by atoms with van der Waals surface area (Å²) in [6.45, 7) is 7.12. The van der Waals surface area contributed by atoms with Crippen LogP contribution in [-0.2, 0) is 21.1 Å². The Bertz CT molecular complexity index is 627. The number of carbonyl (C=O) groups is 1. The van der Waals surface area contributed by atoms with E-state index in [1.165, 1.54) is 5.56 Å². The van der Waals surface area contributed by atoms with Crippen LogP contribution in [0.4, 0.5) is 0 Å². The summed E-state index contributed by atoms with van der Waals surface area (Å²) < 4.78 is 24.4. The molecule has 1 aromatic carbocycles. The molecule has 23 heavy (non-hydrogen) atoms. The lowest BCUT2D eigenvalue weighted by atomic mass is 9.90. The number of hydrogen-bond acceptors (Lipinski definition) is 3. The van der Waals surface area contributed by atoms with Crippen LogP contribution in [0.25, 0.3) is 0 Å². The van der Waals surface area contributed by atoms with E-state index in [0.29, 0.717) is 10.8 Å². The number of carbonyl (C=O) groups excluding carboxylic acids is 1. The van der Waals surface area contributed by atoms with Crippen molar-refractivity contribution in [3.05, 3.63) is 29.8 Å². The fraction of sp³-hybridized carbons (Fsp3) is 0.611. The third-order valence-electron chi connectivity index (χ3n) is 4.42. The number of nitrogens with zero attached hydrogens (tertiary/aromatic N) is 1. The first kappa shape index (κ1) is 18.0. The van der Waals surface area contributed by atoms with E-state index >= 15 is 0 Å². The summed E-state index contributed by atoms with van der Waals surface area (Å²) >= 11 is 0. The highest BCUT2D eigenvalue weighted by Crippen LogP contribution is 2.23. The lowest BCUT2D eigenvalue weighted by Crippen LogP contribution is -2.37. The molecule has 2 rings (SSSR count). The average molecular weight is 337 g/mol. The van der Waals surface area contributed by atoms with Gasteiger partial charge < -0.3 is 4.90 Å². The van der Waals surface area contributed by atoms with Gasteiger partial charge in [-0.1, -0.05) is 26.0 Å². The van der Waals surface area contributed by atoms with Crippen LogP contribution in [-0.4, -0.2) is 38.1 Å². The predicted octanol–water partition coefficient (Wildman–Crippen LogP) is 2.92. The highest BCUT2D eigenvalue weighted by atomic mass is 32.2. The van der Waals surface area contributed by atoms with E-state index in [1.807, 2.05) is 30.9 Å². The summed E-state index contributed by atoms with van der Waals surface area (Å²) in [5, 5.41) is 0. The molecule has 1 aliphatic heterocycles. The maximum Gasteiger partial charge on any atom is 0.219 e. The summed E-state index contributed by atoms with van der Waals surface area (Å²) in [5.41, 5.74) is 1.18. The summed E-state index contributed by atoms with van der Waals surface area (Å²) in [5.74, 6) is 1.05. The van der Waals surface area contributed by atoms with Gasteiger partial charge in [0.1, 0.15) is 0 Å². The number of benzene rings is 1. The predicted molar refractivity (Wildman–Crippen MR) is 92.0 cm³/mol. The topological polar surface area (TPSA) is 54.5 Å². The molecular formula is C18H27NO3S. The zero-order chi connectivity index (χ0) is 17.0. The van der Waals surface area contributed by atoms with Crippen LogP contribution >= 0.6 is 0 Å². The van der Waals surface area contributed by atoms with Gasteiger partial charge in [0.15, 0.2) is 9.84 Å². The van der Waals surface area contributed by atoms with Crippen molar-refractivity contribution in [1.29, 1.82) is 0 Å². The molecule has 0 spiro atoms. The molecule has 0 N–H and O–H groups in total. The van der Waals surface area contributed by atoms with E-state index in [2.05, 4.69) is 0 Å². The number of sulfone groups is 1. The first-order valence-electron chi connectivity index (χ1n) is 8.35. The fourth-order valence-corrected chi connectivity index (χ4v) is 4.77. The van der Waals surface area contributed by atoms with Crippen molar-refractivity contribution in [3.8, 4) is 0 Å². The lowest BCUT2D eigenvalue weighted by Gasteiger charge is -2.31. The van der Waals surface area contributed by atoms with Gasteiger partial charge in [-0.15, -0.1) is 0 Å². The Morgan fingerprint density at radius 2 is 1.74 bits per heavy atom. The molecule has 0 aromatic heterocycles. The molecule has 1 amide bonds. The number of rotatable bonds is 5. The summed E-state index contributed by atoms with van der Waals surface area (Å²) in [7, 11) is -3.17. The van der Waals surface area contributed by atoms with E-state index in [0.717, 1.165) is 32.4 Å². The Morgan fingerprint density at radius 1 is 1.17 bits per heavy atom. The molecule has 4 nitrogen and oxygen atoms in total. The highest BCUT2D eigenvalue weighted by Gasteiger charge is 2.21. The molecule has 0 radical (unpaired) electrons. The summed E-state index contributed by atoms with van der Waals surface area (Å²) in [6, 6.07) is 7.34. The lowest BCUT2D eigenvalue weighted by molar-refractivity contribution is -0.130. The molecule has 0 bridgehead atoms. The van der Waals surface area contributed by atoms with Crippen LogP contribution in [0, 0.1) is 11.8 Å². The van der Waals surface area contributed by atoms with E-state index < -0.39 is 9.84 Å². The van der Waals surface area contributed by atoms with Gasteiger partial charge in [-0.2, -0.15) is 0 Å². The van der Waals surface area contributed by atoms with Crippen molar-refractivity contribution >= 4 is 15.7 Å². The Hall–Kier alpha value is -1.36. The van der Waals surface area contributed by atoms with Gasteiger partial charge in [0.25, 0.3) is 0 Å². The Balaban J connectivity index is 1.95. The Morgan fingerprint density at radius 3 is 2.22 bits per heavy atom. The molecule has 0 atom stereocenters. The van der Waals surface area contributed by atoms with Crippen molar-refractivity contribution in [2.24, 2.45) is 11.8 Å². The molecule has 5 heteroatoms. The molecular weight excluding hydrogens is 310 g/mol. The van der Waals surface area contributed by atoms with E-state index in [9.17, 15) is 13.2 Å². The smallest absolute Gasteiger partial charge is 0.219 e. The Kier molecular flexibility index (Phi) is 5.84. The second-order valence-electron chi connectivity index (χ2n) is 6.97. The minimum atomic E-state index is -3.17. The molecule has 0 saturated carbocycles. The van der Waals surface area contributed by atoms with Crippen LogP contribution in [0.15, 0.2) is 29.2 Å². The zero-order valence-electron chi connectivity index (χ0n) is 14.3. The minimum absolute atomic E-state index is 0.131. The van der Waals surface area contributed by atoms with Gasteiger partial charge >= 0.3 is 0 Å². The fourth-order valence-electron chi connectivity index (χ4n) is 3.15. The van der Waals surface area contributed by atoms with Gasteiger partial charge in [0.2, 0.25) is 5.91 Å².